The summed E-state index contributed by atoms with van der Waals surface area (Å²) >= 11 is 5.87. The van der Waals surface area contributed by atoms with Crippen molar-refractivity contribution in [2.45, 2.75) is 25.3 Å². The topological polar surface area (TPSA) is 84.9 Å². The molecular weight excluding hydrogens is 358 g/mol. The van der Waals surface area contributed by atoms with Crippen LogP contribution in [-0.2, 0) is 16.1 Å². The zero-order valence-corrected chi connectivity index (χ0v) is 14.7. The highest BCUT2D eigenvalue weighted by Crippen LogP contribution is 2.32. The van der Waals surface area contributed by atoms with E-state index < -0.39 is 11.9 Å². The van der Waals surface area contributed by atoms with E-state index in [9.17, 15) is 9.59 Å². The van der Waals surface area contributed by atoms with Gasteiger partial charge in [0.25, 0.3) is 0 Å². The highest BCUT2D eigenvalue weighted by molar-refractivity contribution is 6.30. The Kier molecular flexibility index (Phi) is 5.63. The third kappa shape index (κ3) is 4.67. The van der Waals surface area contributed by atoms with Gasteiger partial charge in [0.2, 0.25) is 12.7 Å². The maximum absolute atomic E-state index is 12.3. The maximum Gasteiger partial charge on any atom is 0.303 e. The van der Waals surface area contributed by atoms with Gasteiger partial charge < -0.3 is 19.9 Å². The van der Waals surface area contributed by atoms with Crippen molar-refractivity contribution in [1.29, 1.82) is 0 Å². The number of hydrogen-bond donors (Lipinski definition) is 2. The molecule has 1 amide bonds. The first-order valence-electron chi connectivity index (χ1n) is 8.14. The van der Waals surface area contributed by atoms with Gasteiger partial charge in [-0.2, -0.15) is 0 Å². The molecule has 1 heterocycles. The average molecular weight is 376 g/mol. The molecule has 1 aliphatic rings. The Balaban J connectivity index is 1.60. The van der Waals surface area contributed by atoms with E-state index in [1.165, 1.54) is 0 Å². The van der Waals surface area contributed by atoms with E-state index in [0.29, 0.717) is 23.1 Å². The smallest absolute Gasteiger partial charge is 0.303 e. The number of halogens is 1. The lowest BCUT2D eigenvalue weighted by Crippen LogP contribution is -2.25. The van der Waals surface area contributed by atoms with Crippen molar-refractivity contribution in [3.8, 4) is 11.5 Å². The second-order valence-electron chi connectivity index (χ2n) is 6.01. The number of rotatable bonds is 7. The molecule has 6 nitrogen and oxygen atoms in total. The second-order valence-corrected chi connectivity index (χ2v) is 6.45. The van der Waals surface area contributed by atoms with E-state index in [-0.39, 0.29) is 25.5 Å². The van der Waals surface area contributed by atoms with Crippen molar-refractivity contribution in [3.05, 3.63) is 58.6 Å². The maximum atomic E-state index is 12.3. The molecule has 1 unspecified atom stereocenters. The Bertz CT molecular complexity index is 806. The van der Waals surface area contributed by atoms with E-state index in [2.05, 4.69) is 5.32 Å². The largest absolute Gasteiger partial charge is 0.481 e. The Morgan fingerprint density at radius 1 is 1.08 bits per heavy atom. The van der Waals surface area contributed by atoms with Crippen LogP contribution in [-0.4, -0.2) is 23.8 Å². The molecule has 0 aromatic heterocycles. The molecule has 0 radical (unpaired) electrons. The molecule has 0 saturated heterocycles. The number of carbonyl (C=O) groups is 2. The van der Waals surface area contributed by atoms with E-state index in [4.69, 9.17) is 26.2 Å². The summed E-state index contributed by atoms with van der Waals surface area (Å²) in [5.74, 6) is -0.245. The predicted octanol–water partition coefficient (Wildman–Crippen LogP) is 3.33. The molecular formula is C19H18ClNO5. The van der Waals surface area contributed by atoms with Crippen molar-refractivity contribution in [1.82, 2.24) is 5.32 Å². The van der Waals surface area contributed by atoms with Crippen molar-refractivity contribution >= 4 is 23.5 Å². The number of carbonyl (C=O) groups excluding carboxylic acids is 1. The Labute approximate surface area is 155 Å². The number of aliphatic carboxylic acids is 1. The summed E-state index contributed by atoms with van der Waals surface area (Å²) in [6, 6.07) is 12.3. The van der Waals surface area contributed by atoms with Crippen LogP contribution in [0, 0.1) is 0 Å². The summed E-state index contributed by atoms with van der Waals surface area (Å²) in [7, 11) is 0. The SMILES string of the molecule is O=C(O)CC(CC(=O)NCc1ccc2c(c1)OCO2)c1ccc(Cl)cc1. The molecule has 3 rings (SSSR count). The minimum Gasteiger partial charge on any atom is -0.481 e. The summed E-state index contributed by atoms with van der Waals surface area (Å²) in [6.07, 6.45) is -0.0441. The molecule has 136 valence electrons. The first-order valence-corrected chi connectivity index (χ1v) is 8.51. The number of nitrogens with one attached hydrogen (secondary N) is 1. The Hall–Kier alpha value is -2.73. The first-order chi connectivity index (χ1) is 12.5. The number of benzene rings is 2. The zero-order valence-electron chi connectivity index (χ0n) is 13.9. The molecule has 2 aromatic carbocycles. The van der Waals surface area contributed by atoms with Crippen LogP contribution in [0.1, 0.15) is 29.9 Å². The fourth-order valence-corrected chi connectivity index (χ4v) is 2.93. The predicted molar refractivity (Wildman–Crippen MR) is 95.5 cm³/mol. The van der Waals surface area contributed by atoms with E-state index >= 15 is 0 Å². The van der Waals surface area contributed by atoms with Crippen LogP contribution in [0.5, 0.6) is 11.5 Å². The van der Waals surface area contributed by atoms with Gasteiger partial charge in [-0.3, -0.25) is 9.59 Å². The van der Waals surface area contributed by atoms with Gasteiger partial charge in [0.15, 0.2) is 11.5 Å². The van der Waals surface area contributed by atoms with Crippen molar-refractivity contribution in [2.24, 2.45) is 0 Å². The van der Waals surface area contributed by atoms with Crippen LogP contribution in [0.4, 0.5) is 0 Å². The molecule has 2 N–H and O–H groups in total. The van der Waals surface area contributed by atoms with Gasteiger partial charge in [-0.1, -0.05) is 29.8 Å². The summed E-state index contributed by atoms with van der Waals surface area (Å²) in [5.41, 5.74) is 1.65. The Morgan fingerprint density at radius 3 is 2.54 bits per heavy atom. The van der Waals surface area contributed by atoms with Gasteiger partial charge in [-0.05, 0) is 35.4 Å². The Morgan fingerprint density at radius 2 is 1.81 bits per heavy atom. The van der Waals surface area contributed by atoms with Crippen LogP contribution >= 0.6 is 11.6 Å². The number of ether oxygens (including phenoxy) is 2. The summed E-state index contributed by atoms with van der Waals surface area (Å²) in [4.78, 5) is 23.4. The molecule has 26 heavy (non-hydrogen) atoms. The van der Waals surface area contributed by atoms with Gasteiger partial charge in [0.1, 0.15) is 0 Å². The number of amides is 1. The third-order valence-electron chi connectivity index (χ3n) is 4.12. The molecule has 0 spiro atoms. The first kappa shape index (κ1) is 18.1. The third-order valence-corrected chi connectivity index (χ3v) is 4.37. The van der Waals surface area contributed by atoms with Gasteiger partial charge in [0.05, 0.1) is 6.42 Å². The monoisotopic (exact) mass is 375 g/mol. The lowest BCUT2D eigenvalue weighted by Gasteiger charge is -2.15. The highest BCUT2D eigenvalue weighted by atomic mass is 35.5. The fourth-order valence-electron chi connectivity index (χ4n) is 2.80. The lowest BCUT2D eigenvalue weighted by molar-refractivity contribution is -0.137. The van der Waals surface area contributed by atoms with E-state index in [1.807, 2.05) is 12.1 Å². The molecule has 0 saturated carbocycles. The van der Waals surface area contributed by atoms with Crippen LogP contribution in [0.25, 0.3) is 0 Å². The molecule has 0 fully saturated rings. The number of carboxylic acids is 1. The van der Waals surface area contributed by atoms with Crippen LogP contribution < -0.4 is 14.8 Å². The molecule has 1 atom stereocenters. The number of hydrogen-bond acceptors (Lipinski definition) is 4. The highest BCUT2D eigenvalue weighted by Gasteiger charge is 2.20. The van der Waals surface area contributed by atoms with Gasteiger partial charge in [0, 0.05) is 23.9 Å². The minimum absolute atomic E-state index is 0.0818. The molecule has 0 bridgehead atoms. The van der Waals surface area contributed by atoms with Gasteiger partial charge in [-0.25, -0.2) is 0 Å². The fraction of sp³-hybridized carbons (Fsp3) is 0.263. The van der Waals surface area contributed by atoms with Crippen molar-refractivity contribution in [3.63, 3.8) is 0 Å². The molecule has 0 aliphatic carbocycles. The minimum atomic E-state index is -0.950. The number of carboxylic acid groups (broad SMARTS) is 1. The van der Waals surface area contributed by atoms with E-state index in [0.717, 1.165) is 11.1 Å². The van der Waals surface area contributed by atoms with Gasteiger partial charge >= 0.3 is 5.97 Å². The summed E-state index contributed by atoms with van der Waals surface area (Å²) < 4.78 is 10.6. The van der Waals surface area contributed by atoms with Gasteiger partial charge in [-0.15, -0.1) is 0 Å². The molecule has 1 aliphatic heterocycles. The van der Waals surface area contributed by atoms with E-state index in [1.54, 1.807) is 30.3 Å². The number of fused-ring (bicyclic) bond motifs is 1. The second kappa shape index (κ2) is 8.10. The quantitative estimate of drug-likeness (QED) is 0.775. The summed E-state index contributed by atoms with van der Waals surface area (Å²) in [6.45, 7) is 0.527. The van der Waals surface area contributed by atoms with Crippen molar-refractivity contribution in [2.75, 3.05) is 6.79 Å². The van der Waals surface area contributed by atoms with Crippen molar-refractivity contribution < 1.29 is 24.2 Å². The zero-order chi connectivity index (χ0) is 18.5. The molecule has 7 heteroatoms. The van der Waals surface area contributed by atoms with Crippen LogP contribution in [0.2, 0.25) is 5.02 Å². The molecule has 2 aromatic rings. The van der Waals surface area contributed by atoms with Crippen LogP contribution in [0.15, 0.2) is 42.5 Å². The van der Waals surface area contributed by atoms with Crippen LogP contribution in [0.3, 0.4) is 0 Å². The normalized spacial score (nSPS) is 13.3. The summed E-state index contributed by atoms with van der Waals surface area (Å²) in [5, 5.41) is 12.5. The lowest BCUT2D eigenvalue weighted by atomic mass is 9.92. The average Bonchev–Trinajstić information content (AvgIpc) is 3.07. The standard InChI is InChI=1S/C19H18ClNO5/c20-15-4-2-13(3-5-15)14(9-19(23)24)8-18(22)21-10-12-1-6-16-17(7-12)26-11-25-16/h1-7,14H,8-11H2,(H,21,22)(H,23,24).